The minimum atomic E-state index is -2.84. The number of H-pyrrole nitrogens is 1. The molecule has 4 N–H and O–H groups in total. The summed E-state index contributed by atoms with van der Waals surface area (Å²) >= 11 is 0. The lowest BCUT2D eigenvalue weighted by Gasteiger charge is -2.36. The van der Waals surface area contributed by atoms with E-state index >= 15 is 0 Å². The second kappa shape index (κ2) is 10.9. The van der Waals surface area contributed by atoms with Crippen molar-refractivity contribution in [1.82, 2.24) is 24.8 Å². The summed E-state index contributed by atoms with van der Waals surface area (Å²) in [4.78, 5) is 33.5. The van der Waals surface area contributed by atoms with Crippen molar-refractivity contribution in [3.05, 3.63) is 66.2 Å². The third-order valence-corrected chi connectivity index (χ3v) is 7.39. The number of ether oxygens (including phenoxy) is 1. The first-order valence-electron chi connectivity index (χ1n) is 13.2. The van der Waals surface area contributed by atoms with Gasteiger partial charge in [-0.15, -0.1) is 0 Å². The molecule has 0 spiro atoms. The molecule has 1 aromatic carbocycles. The Morgan fingerprint density at radius 2 is 1.90 bits per heavy atom. The molecule has 1 atom stereocenters. The molecule has 2 fully saturated rings. The minimum absolute atomic E-state index is 0.0979. The number of hydrogen-bond donors (Lipinski definition) is 3. The molecule has 208 valence electrons. The van der Waals surface area contributed by atoms with Crippen LogP contribution in [0.2, 0.25) is 0 Å². The number of amides is 1. The molecule has 6 rings (SSSR count). The summed E-state index contributed by atoms with van der Waals surface area (Å²) in [6, 6.07) is 11.8. The van der Waals surface area contributed by atoms with Gasteiger partial charge in [0.05, 0.1) is 24.6 Å². The van der Waals surface area contributed by atoms with Crippen molar-refractivity contribution in [1.29, 1.82) is 0 Å². The van der Waals surface area contributed by atoms with Gasteiger partial charge in [-0.25, -0.2) is 18.7 Å². The molecule has 0 saturated carbocycles. The highest BCUT2D eigenvalue weighted by Crippen LogP contribution is 2.30. The molecule has 4 aromatic rings. The van der Waals surface area contributed by atoms with E-state index in [2.05, 4.69) is 30.2 Å². The predicted octanol–water partition coefficient (Wildman–Crippen LogP) is 3.28. The van der Waals surface area contributed by atoms with Gasteiger partial charge in [0.2, 0.25) is 0 Å². The van der Waals surface area contributed by atoms with Crippen molar-refractivity contribution < 1.29 is 18.3 Å². The van der Waals surface area contributed by atoms with Gasteiger partial charge in [-0.3, -0.25) is 14.7 Å². The van der Waals surface area contributed by atoms with Crippen LogP contribution in [-0.4, -0.2) is 82.1 Å². The third-order valence-electron chi connectivity index (χ3n) is 7.39. The molecule has 10 nitrogen and oxygen atoms in total. The zero-order chi connectivity index (χ0) is 27.7. The first-order valence-corrected chi connectivity index (χ1v) is 13.2. The number of aromatic nitrogens is 4. The highest BCUT2D eigenvalue weighted by molar-refractivity contribution is 6.03. The number of benzene rings is 1. The molecule has 0 bridgehead atoms. The number of anilines is 2. The minimum Gasteiger partial charge on any atom is -0.378 e. The summed E-state index contributed by atoms with van der Waals surface area (Å²) in [6.45, 7) is 3.67. The number of hydrogen-bond acceptors (Lipinski definition) is 8. The Kier molecular flexibility index (Phi) is 7.13. The Balaban J connectivity index is 1.12. The molecule has 40 heavy (non-hydrogen) atoms. The number of nitrogens with two attached hydrogens (primary N) is 1. The van der Waals surface area contributed by atoms with E-state index in [1.165, 1.54) is 0 Å². The van der Waals surface area contributed by atoms with Crippen LogP contribution in [0.3, 0.4) is 0 Å². The van der Waals surface area contributed by atoms with Crippen LogP contribution in [0.5, 0.6) is 0 Å². The van der Waals surface area contributed by atoms with Crippen LogP contribution < -0.4 is 16.0 Å². The number of carbonyl (C=O) groups is 1. The molecular formula is C28H30F2N8O2. The summed E-state index contributed by atoms with van der Waals surface area (Å²) in [7, 11) is 0. The van der Waals surface area contributed by atoms with Gasteiger partial charge in [0.25, 0.3) is 11.8 Å². The van der Waals surface area contributed by atoms with Gasteiger partial charge in [0.1, 0.15) is 23.5 Å². The molecule has 0 unspecified atom stereocenters. The highest BCUT2D eigenvalue weighted by Gasteiger charge is 2.41. The van der Waals surface area contributed by atoms with Crippen LogP contribution >= 0.6 is 0 Å². The topological polar surface area (TPSA) is 125 Å². The maximum absolute atomic E-state index is 13.7. The van der Waals surface area contributed by atoms with Crippen LogP contribution in [0.15, 0.2) is 55.0 Å². The van der Waals surface area contributed by atoms with Crippen LogP contribution in [0.4, 0.5) is 20.3 Å². The lowest BCUT2D eigenvalue weighted by Crippen LogP contribution is -2.54. The van der Waals surface area contributed by atoms with E-state index in [4.69, 9.17) is 10.5 Å². The molecule has 2 aliphatic heterocycles. The summed E-state index contributed by atoms with van der Waals surface area (Å²) in [5, 5.41) is 3.83. The molecular weight excluding hydrogens is 518 g/mol. The van der Waals surface area contributed by atoms with Gasteiger partial charge >= 0.3 is 0 Å². The number of pyridine rings is 1. The molecule has 12 heteroatoms. The molecule has 5 heterocycles. The number of carbonyl (C=O) groups excluding carboxylic acids is 1. The smallest absolute Gasteiger partial charge is 0.274 e. The summed E-state index contributed by atoms with van der Waals surface area (Å²) < 4.78 is 32.9. The Morgan fingerprint density at radius 1 is 1.10 bits per heavy atom. The average Bonchev–Trinajstić information content (AvgIpc) is 3.41. The first kappa shape index (κ1) is 26.2. The van der Waals surface area contributed by atoms with Gasteiger partial charge in [-0.05, 0) is 41.5 Å². The van der Waals surface area contributed by atoms with Gasteiger partial charge in [-0.1, -0.05) is 12.1 Å². The fourth-order valence-corrected chi connectivity index (χ4v) is 5.13. The molecule has 0 aliphatic carbocycles. The number of rotatable bonds is 6. The predicted molar refractivity (Wildman–Crippen MR) is 147 cm³/mol. The second-order valence-corrected chi connectivity index (χ2v) is 10.2. The number of halogens is 2. The lowest BCUT2D eigenvalue weighted by molar-refractivity contribution is -0.0738. The van der Waals surface area contributed by atoms with Gasteiger partial charge in [0, 0.05) is 56.7 Å². The van der Waals surface area contributed by atoms with Crippen molar-refractivity contribution >= 4 is 28.4 Å². The van der Waals surface area contributed by atoms with Crippen molar-refractivity contribution in [3.63, 3.8) is 0 Å². The monoisotopic (exact) mass is 548 g/mol. The maximum Gasteiger partial charge on any atom is 0.274 e. The van der Waals surface area contributed by atoms with Crippen LogP contribution in [0.25, 0.3) is 22.3 Å². The van der Waals surface area contributed by atoms with Crippen LogP contribution in [0.1, 0.15) is 22.5 Å². The number of likely N-dealkylation sites (tertiary alicyclic amines) is 1. The van der Waals surface area contributed by atoms with E-state index in [9.17, 15) is 13.6 Å². The molecule has 1 amide bonds. The fourth-order valence-electron chi connectivity index (χ4n) is 5.13. The zero-order valence-corrected chi connectivity index (χ0v) is 21.8. The number of nitrogens with zero attached hydrogens (tertiary/aromatic N) is 5. The highest BCUT2D eigenvalue weighted by atomic mass is 19.3. The van der Waals surface area contributed by atoms with Crippen molar-refractivity contribution in [2.24, 2.45) is 5.73 Å². The standard InChI is InChI=1S/C28H30F2N8O2/c29-28(30)6-8-37(16-24(28)31)15-18-5-7-32-23(13-18)27(39)35-20-3-1-19(2-4-20)22-14-21-25(36-22)33-17-34-26(21)38-9-11-40-12-10-38/h1-5,7,13-14,17,24H,6,8-12,15-16,31H2,(H,35,39)(H,33,34,36)/t24-/m0/s1. The number of morpholine rings is 1. The normalized spacial score (nSPS) is 19.6. The molecule has 2 saturated heterocycles. The first-order chi connectivity index (χ1) is 19.4. The summed E-state index contributed by atoms with van der Waals surface area (Å²) in [6.07, 6.45) is 2.84. The largest absolute Gasteiger partial charge is 0.378 e. The van der Waals surface area contributed by atoms with Crippen LogP contribution in [0, 0.1) is 0 Å². The van der Waals surface area contributed by atoms with E-state index in [0.29, 0.717) is 25.4 Å². The quantitative estimate of drug-likeness (QED) is 0.335. The zero-order valence-electron chi connectivity index (χ0n) is 21.8. The Morgan fingerprint density at radius 3 is 2.67 bits per heavy atom. The Hall–Kier alpha value is -4.00. The van der Waals surface area contributed by atoms with E-state index in [0.717, 1.165) is 46.8 Å². The van der Waals surface area contributed by atoms with Crippen LogP contribution in [-0.2, 0) is 11.3 Å². The number of alkyl halides is 2. The molecule has 0 radical (unpaired) electrons. The van der Waals surface area contributed by atoms with Gasteiger partial charge in [-0.2, -0.15) is 0 Å². The van der Waals surface area contributed by atoms with E-state index in [1.807, 2.05) is 35.2 Å². The van der Waals surface area contributed by atoms with E-state index in [-0.39, 0.29) is 31.1 Å². The Bertz CT molecular complexity index is 1500. The number of aromatic amines is 1. The SMILES string of the molecule is N[C@H]1CN(Cc2ccnc(C(=O)Nc3ccc(-c4cc5c(N6CCOCC6)ncnc5[nH]4)cc3)c2)CCC1(F)F. The van der Waals surface area contributed by atoms with Crippen molar-refractivity contribution in [2.45, 2.75) is 24.9 Å². The van der Waals surface area contributed by atoms with E-state index < -0.39 is 12.0 Å². The van der Waals surface area contributed by atoms with Crippen molar-refractivity contribution in [3.8, 4) is 11.3 Å². The lowest BCUT2D eigenvalue weighted by atomic mass is 10.0. The van der Waals surface area contributed by atoms with Gasteiger partial charge in [0.15, 0.2) is 0 Å². The molecule has 3 aromatic heterocycles. The summed E-state index contributed by atoms with van der Waals surface area (Å²) in [5.41, 5.74) is 9.92. The average molecular weight is 549 g/mol. The maximum atomic E-state index is 13.7. The number of fused-ring (bicyclic) bond motifs is 1. The Labute approximate surface area is 229 Å². The fraction of sp³-hybridized carbons (Fsp3) is 0.357. The molecule has 2 aliphatic rings. The van der Waals surface area contributed by atoms with Gasteiger partial charge < -0.3 is 25.7 Å². The number of nitrogens with one attached hydrogen (secondary N) is 2. The number of piperidine rings is 1. The van der Waals surface area contributed by atoms with Crippen molar-refractivity contribution in [2.75, 3.05) is 49.6 Å². The second-order valence-electron chi connectivity index (χ2n) is 10.2. The third kappa shape index (κ3) is 5.51. The van der Waals surface area contributed by atoms with E-state index in [1.54, 1.807) is 24.7 Å². The summed E-state index contributed by atoms with van der Waals surface area (Å²) in [5.74, 6) is -2.31.